The van der Waals surface area contributed by atoms with Crippen molar-refractivity contribution in [2.45, 2.75) is 26.3 Å². The SMILES string of the molecule is CCCN(C(=O)c1cnc(-c2ccccc2F)s1)C(C)C(=O)Nc1ccccc1. The standard InChI is InChI=1S/C22H22FN3O2S/c1-3-13-26(15(2)20(27)25-16-9-5-4-6-10-16)22(28)19-14-24-21(29-19)17-11-7-8-12-18(17)23/h4-12,14-15H,3,13H2,1-2H3,(H,25,27). The highest BCUT2D eigenvalue weighted by Gasteiger charge is 2.28. The summed E-state index contributed by atoms with van der Waals surface area (Å²) in [6, 6.07) is 14.8. The third-order valence-corrected chi connectivity index (χ3v) is 5.45. The van der Waals surface area contributed by atoms with Gasteiger partial charge in [0.05, 0.1) is 6.20 Å². The summed E-state index contributed by atoms with van der Waals surface area (Å²) in [5, 5.41) is 3.27. The minimum atomic E-state index is -0.665. The summed E-state index contributed by atoms with van der Waals surface area (Å²) >= 11 is 1.12. The number of amides is 2. The van der Waals surface area contributed by atoms with E-state index in [1.807, 2.05) is 25.1 Å². The molecule has 0 saturated carbocycles. The van der Waals surface area contributed by atoms with Crippen LogP contribution in [0.4, 0.5) is 10.1 Å². The quantitative estimate of drug-likeness (QED) is 0.606. The van der Waals surface area contributed by atoms with Gasteiger partial charge < -0.3 is 10.2 Å². The Hall–Kier alpha value is -3.06. The number of anilines is 1. The Labute approximate surface area is 173 Å². The zero-order valence-electron chi connectivity index (χ0n) is 16.3. The molecular formula is C22H22FN3O2S. The molecule has 1 aromatic heterocycles. The second-order valence-electron chi connectivity index (χ2n) is 6.54. The van der Waals surface area contributed by atoms with Crippen LogP contribution < -0.4 is 5.32 Å². The molecule has 0 saturated heterocycles. The zero-order valence-corrected chi connectivity index (χ0v) is 17.1. The molecule has 1 unspecified atom stereocenters. The van der Waals surface area contributed by atoms with Crippen LogP contribution in [0.15, 0.2) is 60.8 Å². The molecule has 0 fully saturated rings. The molecule has 0 bridgehead atoms. The van der Waals surface area contributed by atoms with E-state index < -0.39 is 6.04 Å². The Morgan fingerprint density at radius 2 is 1.83 bits per heavy atom. The van der Waals surface area contributed by atoms with Crippen molar-refractivity contribution in [2.75, 3.05) is 11.9 Å². The van der Waals surface area contributed by atoms with E-state index in [0.29, 0.717) is 34.1 Å². The smallest absolute Gasteiger partial charge is 0.266 e. The third-order valence-electron chi connectivity index (χ3n) is 4.43. The Balaban J connectivity index is 1.79. The molecule has 3 rings (SSSR count). The fraction of sp³-hybridized carbons (Fsp3) is 0.227. The van der Waals surface area contributed by atoms with Crippen molar-refractivity contribution in [1.29, 1.82) is 0 Å². The normalized spacial score (nSPS) is 11.7. The van der Waals surface area contributed by atoms with Crippen molar-refractivity contribution in [2.24, 2.45) is 0 Å². The van der Waals surface area contributed by atoms with E-state index in [4.69, 9.17) is 0 Å². The number of para-hydroxylation sites is 1. The van der Waals surface area contributed by atoms with E-state index in [-0.39, 0.29) is 17.6 Å². The lowest BCUT2D eigenvalue weighted by molar-refractivity contribution is -0.120. The van der Waals surface area contributed by atoms with Crippen LogP contribution in [0.3, 0.4) is 0 Å². The van der Waals surface area contributed by atoms with Gasteiger partial charge >= 0.3 is 0 Å². The summed E-state index contributed by atoms with van der Waals surface area (Å²) < 4.78 is 14.0. The van der Waals surface area contributed by atoms with Gasteiger partial charge in [-0.15, -0.1) is 11.3 Å². The number of carbonyl (C=O) groups is 2. The molecule has 0 radical (unpaired) electrons. The average Bonchev–Trinajstić information content (AvgIpc) is 3.22. The lowest BCUT2D eigenvalue weighted by Crippen LogP contribution is -2.45. The molecule has 3 aromatic rings. The number of hydrogen-bond acceptors (Lipinski definition) is 4. The summed E-state index contributed by atoms with van der Waals surface area (Å²) in [6.45, 7) is 4.07. The highest BCUT2D eigenvalue weighted by atomic mass is 32.1. The van der Waals surface area contributed by atoms with Gasteiger partial charge in [-0.2, -0.15) is 0 Å². The first-order valence-electron chi connectivity index (χ1n) is 9.39. The molecule has 0 aliphatic rings. The van der Waals surface area contributed by atoms with Crippen LogP contribution >= 0.6 is 11.3 Å². The van der Waals surface area contributed by atoms with Gasteiger partial charge in [-0.05, 0) is 37.6 Å². The van der Waals surface area contributed by atoms with E-state index in [1.165, 1.54) is 17.2 Å². The number of halogens is 1. The lowest BCUT2D eigenvalue weighted by Gasteiger charge is -2.27. The van der Waals surface area contributed by atoms with E-state index in [9.17, 15) is 14.0 Å². The Bertz CT molecular complexity index is 990. The van der Waals surface area contributed by atoms with E-state index in [1.54, 1.807) is 37.3 Å². The molecule has 0 aliphatic carbocycles. The van der Waals surface area contributed by atoms with Gasteiger partial charge in [-0.3, -0.25) is 9.59 Å². The van der Waals surface area contributed by atoms with Gasteiger partial charge in [0.1, 0.15) is 21.7 Å². The molecule has 5 nitrogen and oxygen atoms in total. The van der Waals surface area contributed by atoms with Gasteiger partial charge in [0.25, 0.3) is 5.91 Å². The minimum absolute atomic E-state index is 0.267. The summed E-state index contributed by atoms with van der Waals surface area (Å²) in [4.78, 5) is 31.9. The summed E-state index contributed by atoms with van der Waals surface area (Å²) in [5.41, 5.74) is 1.03. The van der Waals surface area contributed by atoms with Crippen molar-refractivity contribution in [3.63, 3.8) is 0 Å². The molecule has 0 aliphatic heterocycles. The predicted octanol–water partition coefficient (Wildman–Crippen LogP) is 4.83. The number of nitrogens with zero attached hydrogens (tertiary/aromatic N) is 2. The largest absolute Gasteiger partial charge is 0.326 e. The van der Waals surface area contributed by atoms with E-state index in [0.717, 1.165) is 11.3 Å². The zero-order chi connectivity index (χ0) is 20.8. The minimum Gasteiger partial charge on any atom is -0.326 e. The van der Waals surface area contributed by atoms with E-state index >= 15 is 0 Å². The molecule has 1 heterocycles. The Kier molecular flexibility index (Phi) is 6.72. The Morgan fingerprint density at radius 1 is 1.14 bits per heavy atom. The molecule has 1 atom stereocenters. The first-order valence-corrected chi connectivity index (χ1v) is 10.2. The van der Waals surface area contributed by atoms with Gasteiger partial charge in [0.15, 0.2) is 0 Å². The highest BCUT2D eigenvalue weighted by Crippen LogP contribution is 2.28. The predicted molar refractivity (Wildman–Crippen MR) is 113 cm³/mol. The van der Waals surface area contributed by atoms with Crippen molar-refractivity contribution in [3.05, 3.63) is 71.5 Å². The van der Waals surface area contributed by atoms with Gasteiger partial charge in [-0.1, -0.05) is 37.3 Å². The van der Waals surface area contributed by atoms with Crippen molar-refractivity contribution in [3.8, 4) is 10.6 Å². The van der Waals surface area contributed by atoms with Crippen LogP contribution in [-0.2, 0) is 4.79 Å². The van der Waals surface area contributed by atoms with Crippen LogP contribution in [-0.4, -0.2) is 34.3 Å². The second kappa shape index (κ2) is 9.43. The maximum Gasteiger partial charge on any atom is 0.266 e. The molecule has 0 spiro atoms. The summed E-state index contributed by atoms with van der Waals surface area (Å²) in [7, 11) is 0. The molecule has 150 valence electrons. The van der Waals surface area contributed by atoms with Crippen LogP contribution in [0.1, 0.15) is 29.9 Å². The summed E-state index contributed by atoms with van der Waals surface area (Å²) in [6.07, 6.45) is 2.15. The number of benzene rings is 2. The van der Waals surface area contributed by atoms with Gasteiger partial charge in [-0.25, -0.2) is 9.37 Å². The van der Waals surface area contributed by atoms with Crippen molar-refractivity contribution >= 4 is 28.8 Å². The monoisotopic (exact) mass is 411 g/mol. The van der Waals surface area contributed by atoms with Crippen LogP contribution in [0, 0.1) is 5.82 Å². The van der Waals surface area contributed by atoms with Gasteiger partial charge in [0, 0.05) is 17.8 Å². The lowest BCUT2D eigenvalue weighted by atomic mass is 10.2. The van der Waals surface area contributed by atoms with Crippen LogP contribution in [0.2, 0.25) is 0 Å². The molecule has 2 aromatic carbocycles. The number of thiazole rings is 1. The van der Waals surface area contributed by atoms with Gasteiger partial charge in [0.2, 0.25) is 5.91 Å². The molecule has 2 amide bonds. The average molecular weight is 412 g/mol. The second-order valence-corrected chi connectivity index (χ2v) is 7.57. The van der Waals surface area contributed by atoms with E-state index in [2.05, 4.69) is 10.3 Å². The fourth-order valence-corrected chi connectivity index (χ4v) is 3.79. The van der Waals surface area contributed by atoms with Crippen LogP contribution in [0.5, 0.6) is 0 Å². The summed E-state index contributed by atoms with van der Waals surface area (Å²) in [5.74, 6) is -0.943. The third kappa shape index (κ3) is 4.86. The number of carbonyl (C=O) groups excluding carboxylic acids is 2. The molecule has 1 N–H and O–H groups in total. The molecule has 29 heavy (non-hydrogen) atoms. The number of aromatic nitrogens is 1. The van der Waals surface area contributed by atoms with Crippen molar-refractivity contribution < 1.29 is 14.0 Å². The molecule has 7 heteroatoms. The first kappa shape index (κ1) is 20.7. The number of hydrogen-bond donors (Lipinski definition) is 1. The highest BCUT2D eigenvalue weighted by molar-refractivity contribution is 7.16. The topological polar surface area (TPSA) is 62.3 Å². The van der Waals surface area contributed by atoms with Crippen LogP contribution in [0.25, 0.3) is 10.6 Å². The fourth-order valence-electron chi connectivity index (χ4n) is 2.90. The maximum atomic E-state index is 14.0. The van der Waals surface area contributed by atoms with Crippen molar-refractivity contribution in [1.82, 2.24) is 9.88 Å². The maximum absolute atomic E-state index is 14.0. The number of rotatable bonds is 7. The number of nitrogens with one attached hydrogen (secondary N) is 1. The first-order chi connectivity index (χ1) is 14.0. The molecular weight excluding hydrogens is 389 g/mol. The Morgan fingerprint density at radius 3 is 2.52 bits per heavy atom.